The van der Waals surface area contributed by atoms with E-state index in [-0.39, 0.29) is 18.4 Å². The van der Waals surface area contributed by atoms with Crippen LogP contribution in [0.5, 0.6) is 5.75 Å². The van der Waals surface area contributed by atoms with Gasteiger partial charge in [-0.2, -0.15) is 0 Å². The number of amides is 2. The summed E-state index contributed by atoms with van der Waals surface area (Å²) in [6, 6.07) is 14.1. The van der Waals surface area contributed by atoms with Gasteiger partial charge in [0, 0.05) is 37.2 Å². The number of hydrogen-bond donors (Lipinski definition) is 3. The number of carbonyl (C=O) groups excluding carboxylic acids is 2. The maximum Gasteiger partial charge on any atom is 0.251 e. The van der Waals surface area contributed by atoms with Crippen molar-refractivity contribution in [2.24, 2.45) is 0 Å². The molecule has 2 aromatic rings. The van der Waals surface area contributed by atoms with Gasteiger partial charge in [-0.05, 0) is 30.3 Å². The molecular weight excluding hydrogens is 334 g/mol. The van der Waals surface area contributed by atoms with E-state index >= 15 is 0 Å². The molecule has 2 rings (SSSR count). The highest BCUT2D eigenvalue weighted by Crippen LogP contribution is 2.17. The summed E-state index contributed by atoms with van der Waals surface area (Å²) in [6.45, 7) is 1.01. The van der Waals surface area contributed by atoms with Crippen molar-refractivity contribution in [3.8, 4) is 5.75 Å². The predicted octanol–water partition coefficient (Wildman–Crippen LogP) is 2.12. The molecule has 0 atom stereocenters. The van der Waals surface area contributed by atoms with Crippen LogP contribution in [0.1, 0.15) is 10.4 Å². The third-order valence-corrected chi connectivity index (χ3v) is 3.48. The standard InChI is InChI=1S/C19H23N3O4/c1-20-19(24)14-5-3-6-15(11-14)21-13-18(23)22-16-7-4-8-17(12-16)26-10-9-25-2/h3-8,11-12,21H,9-10,13H2,1-2H3,(H,20,24)(H,22,23). The van der Waals surface area contributed by atoms with Crippen molar-refractivity contribution >= 4 is 23.2 Å². The van der Waals surface area contributed by atoms with E-state index in [2.05, 4.69) is 16.0 Å². The fourth-order valence-corrected chi connectivity index (χ4v) is 2.21. The van der Waals surface area contributed by atoms with Crippen LogP contribution in [0, 0.1) is 0 Å². The van der Waals surface area contributed by atoms with Gasteiger partial charge in [0.1, 0.15) is 12.4 Å². The van der Waals surface area contributed by atoms with Gasteiger partial charge in [-0.1, -0.05) is 12.1 Å². The molecule has 0 heterocycles. The summed E-state index contributed by atoms with van der Waals surface area (Å²) in [4.78, 5) is 23.8. The summed E-state index contributed by atoms with van der Waals surface area (Å²) in [7, 11) is 3.18. The van der Waals surface area contributed by atoms with Gasteiger partial charge in [-0.3, -0.25) is 9.59 Å². The summed E-state index contributed by atoms with van der Waals surface area (Å²) < 4.78 is 10.4. The van der Waals surface area contributed by atoms with Gasteiger partial charge >= 0.3 is 0 Å². The van der Waals surface area contributed by atoms with Gasteiger partial charge < -0.3 is 25.4 Å². The first kappa shape index (κ1) is 19.3. The largest absolute Gasteiger partial charge is 0.491 e. The molecule has 0 saturated heterocycles. The fraction of sp³-hybridized carbons (Fsp3) is 0.263. The molecule has 2 amide bonds. The van der Waals surface area contributed by atoms with E-state index in [4.69, 9.17) is 9.47 Å². The van der Waals surface area contributed by atoms with Gasteiger partial charge in [0.25, 0.3) is 5.91 Å². The van der Waals surface area contributed by atoms with Crippen LogP contribution in [0.4, 0.5) is 11.4 Å². The van der Waals surface area contributed by atoms with Crippen molar-refractivity contribution in [2.45, 2.75) is 0 Å². The zero-order chi connectivity index (χ0) is 18.8. The van der Waals surface area contributed by atoms with E-state index in [9.17, 15) is 9.59 Å². The van der Waals surface area contributed by atoms with Gasteiger partial charge in [0.2, 0.25) is 5.91 Å². The van der Waals surface area contributed by atoms with Gasteiger partial charge in [-0.15, -0.1) is 0 Å². The molecule has 0 aliphatic carbocycles. The molecule has 0 fully saturated rings. The monoisotopic (exact) mass is 357 g/mol. The molecule has 2 aromatic carbocycles. The van der Waals surface area contributed by atoms with Crippen molar-refractivity contribution in [3.05, 3.63) is 54.1 Å². The second-order valence-corrected chi connectivity index (χ2v) is 5.43. The lowest BCUT2D eigenvalue weighted by Crippen LogP contribution is -2.22. The smallest absolute Gasteiger partial charge is 0.251 e. The van der Waals surface area contributed by atoms with Crippen LogP contribution in [0.15, 0.2) is 48.5 Å². The lowest BCUT2D eigenvalue weighted by Gasteiger charge is -2.10. The maximum atomic E-state index is 12.1. The Balaban J connectivity index is 1.87. The summed E-state index contributed by atoms with van der Waals surface area (Å²) in [5.41, 5.74) is 1.86. The number of hydrogen-bond acceptors (Lipinski definition) is 5. The van der Waals surface area contributed by atoms with Crippen LogP contribution in [-0.4, -0.2) is 45.7 Å². The molecule has 0 bridgehead atoms. The Morgan fingerprint density at radius 3 is 2.54 bits per heavy atom. The molecular formula is C19H23N3O4. The van der Waals surface area contributed by atoms with Crippen molar-refractivity contribution in [1.29, 1.82) is 0 Å². The highest BCUT2D eigenvalue weighted by molar-refractivity contribution is 5.96. The summed E-state index contributed by atoms with van der Waals surface area (Å²) >= 11 is 0. The molecule has 138 valence electrons. The van der Waals surface area contributed by atoms with Crippen LogP contribution in [-0.2, 0) is 9.53 Å². The molecule has 7 heteroatoms. The van der Waals surface area contributed by atoms with Crippen LogP contribution < -0.4 is 20.7 Å². The lowest BCUT2D eigenvalue weighted by molar-refractivity contribution is -0.114. The van der Waals surface area contributed by atoms with Crippen LogP contribution in [0.25, 0.3) is 0 Å². The summed E-state index contributed by atoms with van der Waals surface area (Å²) in [5, 5.41) is 8.36. The minimum absolute atomic E-state index is 0.0754. The van der Waals surface area contributed by atoms with Gasteiger partial charge in [0.05, 0.1) is 13.2 Å². The molecule has 0 spiro atoms. The molecule has 3 N–H and O–H groups in total. The van der Waals surface area contributed by atoms with E-state index in [1.807, 2.05) is 6.07 Å². The molecule has 0 saturated carbocycles. The van der Waals surface area contributed by atoms with Crippen molar-refractivity contribution in [3.63, 3.8) is 0 Å². The third kappa shape index (κ3) is 6.10. The average molecular weight is 357 g/mol. The Bertz CT molecular complexity index is 749. The lowest BCUT2D eigenvalue weighted by atomic mass is 10.2. The first-order valence-electron chi connectivity index (χ1n) is 8.20. The van der Waals surface area contributed by atoms with E-state index in [1.54, 1.807) is 56.6 Å². The number of carbonyl (C=O) groups is 2. The summed E-state index contributed by atoms with van der Waals surface area (Å²) in [5.74, 6) is 0.277. The third-order valence-electron chi connectivity index (χ3n) is 3.48. The van der Waals surface area contributed by atoms with Crippen molar-refractivity contribution in [2.75, 3.05) is 44.5 Å². The highest BCUT2D eigenvalue weighted by Gasteiger charge is 2.06. The second-order valence-electron chi connectivity index (χ2n) is 5.43. The van der Waals surface area contributed by atoms with Gasteiger partial charge in [0.15, 0.2) is 0 Å². The normalized spacial score (nSPS) is 10.1. The quantitative estimate of drug-likeness (QED) is 0.598. The van der Waals surface area contributed by atoms with E-state index in [0.717, 1.165) is 0 Å². The number of methoxy groups -OCH3 is 1. The number of ether oxygens (including phenoxy) is 2. The number of benzene rings is 2. The predicted molar refractivity (Wildman–Crippen MR) is 101 cm³/mol. The minimum Gasteiger partial charge on any atom is -0.491 e. The Morgan fingerprint density at radius 2 is 1.77 bits per heavy atom. The minimum atomic E-state index is -0.204. The van der Waals surface area contributed by atoms with Gasteiger partial charge in [-0.25, -0.2) is 0 Å². The maximum absolute atomic E-state index is 12.1. The molecule has 0 radical (unpaired) electrons. The molecule has 7 nitrogen and oxygen atoms in total. The Labute approximate surface area is 152 Å². The molecule has 0 unspecified atom stereocenters. The van der Waals surface area contributed by atoms with E-state index in [1.165, 1.54) is 0 Å². The van der Waals surface area contributed by atoms with Crippen molar-refractivity contribution < 1.29 is 19.1 Å². The molecule has 0 aliphatic heterocycles. The Morgan fingerprint density at radius 1 is 1.00 bits per heavy atom. The highest BCUT2D eigenvalue weighted by atomic mass is 16.5. The zero-order valence-electron chi connectivity index (χ0n) is 14.9. The average Bonchev–Trinajstić information content (AvgIpc) is 2.66. The molecule has 0 aromatic heterocycles. The fourth-order valence-electron chi connectivity index (χ4n) is 2.21. The SMILES string of the molecule is CNC(=O)c1cccc(NCC(=O)Nc2cccc(OCCOC)c2)c1. The number of rotatable bonds is 9. The van der Waals surface area contributed by atoms with Crippen LogP contribution in [0.3, 0.4) is 0 Å². The van der Waals surface area contributed by atoms with Crippen LogP contribution >= 0.6 is 0 Å². The number of nitrogens with one attached hydrogen (secondary N) is 3. The van der Waals surface area contributed by atoms with E-state index < -0.39 is 0 Å². The molecule has 26 heavy (non-hydrogen) atoms. The zero-order valence-corrected chi connectivity index (χ0v) is 14.9. The Kier molecular flexibility index (Phi) is 7.45. The number of anilines is 2. The second kappa shape index (κ2) is 10.0. The topological polar surface area (TPSA) is 88.7 Å². The Hall–Kier alpha value is -3.06. The first-order valence-corrected chi connectivity index (χ1v) is 8.20. The van der Waals surface area contributed by atoms with E-state index in [0.29, 0.717) is 35.9 Å². The molecule has 0 aliphatic rings. The van der Waals surface area contributed by atoms with Crippen LogP contribution in [0.2, 0.25) is 0 Å². The van der Waals surface area contributed by atoms with Crippen molar-refractivity contribution in [1.82, 2.24) is 5.32 Å². The first-order chi connectivity index (χ1) is 12.6. The summed E-state index contributed by atoms with van der Waals surface area (Å²) in [6.07, 6.45) is 0.